The van der Waals surface area contributed by atoms with Crippen LogP contribution in [0.2, 0.25) is 0 Å². The average Bonchev–Trinajstić information content (AvgIpc) is 2.12. The summed E-state index contributed by atoms with van der Waals surface area (Å²) in [5, 5.41) is 11.5. The van der Waals surface area contributed by atoms with Crippen LogP contribution in [0.5, 0.6) is 0 Å². The first kappa shape index (κ1) is 14.9. The summed E-state index contributed by atoms with van der Waals surface area (Å²) in [6.45, 7) is 7.95. The van der Waals surface area contributed by atoms with Crippen LogP contribution in [0.1, 0.15) is 47.0 Å². The van der Waals surface area contributed by atoms with Gasteiger partial charge >= 0.3 is 5.97 Å². The second-order valence-electron chi connectivity index (χ2n) is 4.95. The molecule has 0 spiro atoms. The summed E-state index contributed by atoms with van der Waals surface area (Å²) in [4.78, 5) is 22.2. The molecule has 1 amide bonds. The first-order chi connectivity index (χ1) is 7.32. The fraction of sp³-hybridized carbons (Fsp3) is 0.833. The molecule has 4 nitrogen and oxygen atoms in total. The van der Waals surface area contributed by atoms with Crippen molar-refractivity contribution in [1.82, 2.24) is 5.32 Å². The molecule has 0 aromatic rings. The van der Waals surface area contributed by atoms with E-state index in [4.69, 9.17) is 5.11 Å². The van der Waals surface area contributed by atoms with Crippen LogP contribution in [-0.4, -0.2) is 23.0 Å². The van der Waals surface area contributed by atoms with Gasteiger partial charge in [-0.15, -0.1) is 0 Å². The van der Waals surface area contributed by atoms with Crippen molar-refractivity contribution in [2.45, 2.75) is 53.0 Å². The van der Waals surface area contributed by atoms with Crippen LogP contribution in [0, 0.1) is 11.8 Å². The Morgan fingerprint density at radius 1 is 1.19 bits per heavy atom. The van der Waals surface area contributed by atoms with Gasteiger partial charge in [-0.05, 0) is 18.3 Å². The molecule has 94 valence electrons. The summed E-state index contributed by atoms with van der Waals surface area (Å²) < 4.78 is 0. The molecule has 1 atom stereocenters. The Labute approximate surface area is 97.4 Å². The number of carbonyl (C=O) groups is 2. The molecule has 0 aromatic heterocycles. The van der Waals surface area contributed by atoms with Crippen LogP contribution < -0.4 is 5.32 Å². The number of carboxylic acid groups (broad SMARTS) is 1. The molecule has 2 N–H and O–H groups in total. The van der Waals surface area contributed by atoms with Crippen molar-refractivity contribution in [2.75, 3.05) is 0 Å². The van der Waals surface area contributed by atoms with E-state index in [0.717, 1.165) is 6.42 Å². The van der Waals surface area contributed by atoms with Crippen LogP contribution in [0.15, 0.2) is 0 Å². The Kier molecular flexibility index (Phi) is 6.77. The Morgan fingerprint density at radius 3 is 2.12 bits per heavy atom. The molecule has 0 rings (SSSR count). The number of nitrogens with one attached hydrogen (secondary N) is 1. The second-order valence-corrected chi connectivity index (χ2v) is 4.95. The number of aliphatic carboxylic acids is 1. The second kappa shape index (κ2) is 7.25. The van der Waals surface area contributed by atoms with Gasteiger partial charge in [0.25, 0.3) is 0 Å². The molecule has 0 saturated heterocycles. The number of carboxylic acids is 1. The summed E-state index contributed by atoms with van der Waals surface area (Å²) >= 11 is 0. The lowest BCUT2D eigenvalue weighted by molar-refractivity contribution is -0.138. The monoisotopic (exact) mass is 229 g/mol. The van der Waals surface area contributed by atoms with E-state index < -0.39 is 5.97 Å². The highest BCUT2D eigenvalue weighted by Crippen LogP contribution is 2.08. The van der Waals surface area contributed by atoms with Crippen molar-refractivity contribution < 1.29 is 14.7 Å². The van der Waals surface area contributed by atoms with Crippen LogP contribution in [0.4, 0.5) is 0 Å². The third kappa shape index (κ3) is 7.26. The van der Waals surface area contributed by atoms with Gasteiger partial charge in [0.1, 0.15) is 0 Å². The minimum Gasteiger partial charge on any atom is -0.481 e. The van der Waals surface area contributed by atoms with Crippen molar-refractivity contribution in [3.05, 3.63) is 0 Å². The number of carbonyl (C=O) groups excluding carboxylic acids is 1. The summed E-state index contributed by atoms with van der Waals surface area (Å²) in [5.41, 5.74) is 0. The molecule has 0 fully saturated rings. The smallest absolute Gasteiger partial charge is 0.305 e. The predicted molar refractivity (Wildman–Crippen MR) is 63.1 cm³/mol. The lowest BCUT2D eigenvalue weighted by Gasteiger charge is -2.20. The van der Waals surface area contributed by atoms with E-state index in [-0.39, 0.29) is 24.3 Å². The van der Waals surface area contributed by atoms with Gasteiger partial charge in [-0.1, -0.05) is 27.7 Å². The minimum atomic E-state index is -0.872. The van der Waals surface area contributed by atoms with Crippen molar-refractivity contribution in [3.63, 3.8) is 0 Å². The summed E-state index contributed by atoms with van der Waals surface area (Å²) in [6.07, 6.45) is 1.30. The van der Waals surface area contributed by atoms with Crippen molar-refractivity contribution in [1.29, 1.82) is 0 Å². The van der Waals surface area contributed by atoms with Gasteiger partial charge in [0.2, 0.25) is 5.91 Å². The van der Waals surface area contributed by atoms with E-state index in [2.05, 4.69) is 19.2 Å². The van der Waals surface area contributed by atoms with Crippen molar-refractivity contribution in [3.8, 4) is 0 Å². The summed E-state index contributed by atoms with van der Waals surface area (Å²) in [6, 6.07) is -0.267. The van der Waals surface area contributed by atoms with Crippen LogP contribution in [0.3, 0.4) is 0 Å². The van der Waals surface area contributed by atoms with E-state index in [0.29, 0.717) is 12.3 Å². The fourth-order valence-electron chi connectivity index (χ4n) is 1.34. The Hall–Kier alpha value is -1.06. The lowest BCUT2D eigenvalue weighted by atomic mass is 10.0. The van der Waals surface area contributed by atoms with E-state index in [9.17, 15) is 9.59 Å². The van der Waals surface area contributed by atoms with Crippen LogP contribution >= 0.6 is 0 Å². The lowest BCUT2D eigenvalue weighted by Crippen LogP contribution is -2.40. The van der Waals surface area contributed by atoms with Gasteiger partial charge in [-0.2, -0.15) is 0 Å². The maximum atomic E-state index is 11.5. The van der Waals surface area contributed by atoms with E-state index >= 15 is 0 Å². The summed E-state index contributed by atoms with van der Waals surface area (Å²) in [7, 11) is 0. The standard InChI is InChI=1S/C12H23NO3/c1-8(2)5-6-11(14)13-10(9(3)4)7-12(15)16/h8-10H,5-7H2,1-4H3,(H,13,14)(H,15,16). The van der Waals surface area contributed by atoms with Gasteiger partial charge in [0, 0.05) is 12.5 Å². The Balaban J connectivity index is 4.08. The average molecular weight is 229 g/mol. The highest BCUT2D eigenvalue weighted by Gasteiger charge is 2.19. The normalized spacial score (nSPS) is 12.9. The van der Waals surface area contributed by atoms with Gasteiger partial charge < -0.3 is 10.4 Å². The molecular weight excluding hydrogens is 206 g/mol. The molecular formula is C12H23NO3. The Morgan fingerprint density at radius 2 is 1.75 bits per heavy atom. The molecule has 0 bridgehead atoms. The molecule has 0 aliphatic heterocycles. The highest BCUT2D eigenvalue weighted by atomic mass is 16.4. The van der Waals surface area contributed by atoms with Crippen LogP contribution in [-0.2, 0) is 9.59 Å². The first-order valence-electron chi connectivity index (χ1n) is 5.84. The van der Waals surface area contributed by atoms with E-state index in [1.165, 1.54) is 0 Å². The first-order valence-corrected chi connectivity index (χ1v) is 5.84. The van der Waals surface area contributed by atoms with E-state index in [1.807, 2.05) is 13.8 Å². The minimum absolute atomic E-state index is 0.00884. The zero-order valence-corrected chi connectivity index (χ0v) is 10.6. The zero-order valence-electron chi connectivity index (χ0n) is 10.6. The summed E-state index contributed by atoms with van der Waals surface area (Å²) in [5.74, 6) is -0.293. The Bertz CT molecular complexity index is 236. The van der Waals surface area contributed by atoms with Gasteiger partial charge in [0.05, 0.1) is 6.42 Å². The maximum Gasteiger partial charge on any atom is 0.305 e. The SMILES string of the molecule is CC(C)CCC(=O)NC(CC(=O)O)C(C)C. The third-order valence-electron chi connectivity index (χ3n) is 2.49. The van der Waals surface area contributed by atoms with E-state index in [1.54, 1.807) is 0 Å². The fourth-order valence-corrected chi connectivity index (χ4v) is 1.34. The van der Waals surface area contributed by atoms with Gasteiger partial charge in [-0.25, -0.2) is 0 Å². The molecule has 4 heteroatoms. The molecule has 16 heavy (non-hydrogen) atoms. The molecule has 0 heterocycles. The topological polar surface area (TPSA) is 66.4 Å². The number of hydrogen-bond acceptors (Lipinski definition) is 2. The third-order valence-corrected chi connectivity index (χ3v) is 2.49. The van der Waals surface area contributed by atoms with Gasteiger partial charge in [0.15, 0.2) is 0 Å². The molecule has 0 radical (unpaired) electrons. The van der Waals surface area contributed by atoms with Crippen molar-refractivity contribution in [2.24, 2.45) is 11.8 Å². The molecule has 0 saturated carbocycles. The zero-order chi connectivity index (χ0) is 12.7. The number of amides is 1. The van der Waals surface area contributed by atoms with Crippen molar-refractivity contribution >= 4 is 11.9 Å². The largest absolute Gasteiger partial charge is 0.481 e. The molecule has 1 unspecified atom stereocenters. The quantitative estimate of drug-likeness (QED) is 0.702. The maximum absolute atomic E-state index is 11.5. The number of hydrogen-bond donors (Lipinski definition) is 2. The predicted octanol–water partition coefficient (Wildman–Crippen LogP) is 2.04. The highest BCUT2D eigenvalue weighted by molar-refractivity contribution is 5.77. The van der Waals surface area contributed by atoms with Crippen LogP contribution in [0.25, 0.3) is 0 Å². The molecule has 0 aromatic carbocycles. The molecule has 0 aliphatic carbocycles. The molecule has 0 aliphatic rings. The van der Waals surface area contributed by atoms with Gasteiger partial charge in [-0.3, -0.25) is 9.59 Å². The number of rotatable bonds is 7.